The highest BCUT2D eigenvalue weighted by atomic mass is 19.1. The summed E-state index contributed by atoms with van der Waals surface area (Å²) in [5.74, 6) is 0.248. The van der Waals surface area contributed by atoms with Gasteiger partial charge in [0, 0.05) is 25.6 Å². The Balaban J connectivity index is 0.000000755. The molecular formula is C23H28F2N2O2. The predicted molar refractivity (Wildman–Crippen MR) is 110 cm³/mol. The van der Waals surface area contributed by atoms with Gasteiger partial charge in [0.15, 0.2) is 0 Å². The first kappa shape index (κ1) is 21.2. The third kappa shape index (κ3) is 5.32. The molecule has 2 aromatic rings. The average Bonchev–Trinajstić information content (AvgIpc) is 2.67. The van der Waals surface area contributed by atoms with Crippen LogP contribution in [0.1, 0.15) is 36.8 Å². The van der Waals surface area contributed by atoms with E-state index in [-0.39, 0.29) is 12.2 Å². The van der Waals surface area contributed by atoms with Gasteiger partial charge in [0.2, 0.25) is 0 Å². The Kier molecular flexibility index (Phi) is 7.20. The summed E-state index contributed by atoms with van der Waals surface area (Å²) in [6.07, 6.45) is 2.59. The van der Waals surface area contributed by atoms with E-state index in [0.29, 0.717) is 19.0 Å². The largest absolute Gasteiger partial charge is 0.483 e. The topological polar surface area (TPSA) is 43.8 Å². The molecule has 2 aliphatic heterocycles. The van der Waals surface area contributed by atoms with Gasteiger partial charge in [-0.1, -0.05) is 37.3 Å². The van der Waals surface area contributed by atoms with E-state index in [1.165, 1.54) is 55.3 Å². The van der Waals surface area contributed by atoms with Gasteiger partial charge in [-0.2, -0.15) is 0 Å². The van der Waals surface area contributed by atoms with Crippen LogP contribution in [0.3, 0.4) is 0 Å². The number of piperidine rings is 1. The molecule has 0 unspecified atom stereocenters. The van der Waals surface area contributed by atoms with Gasteiger partial charge >= 0.3 is 0 Å². The number of likely N-dealkylation sites (tertiary alicyclic amines) is 1. The molecule has 0 saturated carbocycles. The molecule has 1 N–H and O–H groups in total. The minimum atomic E-state index is -0.477. The van der Waals surface area contributed by atoms with Crippen LogP contribution in [0.25, 0.3) is 0 Å². The summed E-state index contributed by atoms with van der Waals surface area (Å²) in [5.41, 5.74) is 2.72. The van der Waals surface area contributed by atoms with Gasteiger partial charge in [0.05, 0.1) is 0 Å². The van der Waals surface area contributed by atoms with Gasteiger partial charge in [-0.05, 0) is 55.1 Å². The van der Waals surface area contributed by atoms with Crippen LogP contribution in [0.4, 0.5) is 14.5 Å². The van der Waals surface area contributed by atoms with Crippen molar-refractivity contribution >= 4 is 12.2 Å². The Morgan fingerprint density at radius 3 is 2.14 bits per heavy atom. The fourth-order valence-electron chi connectivity index (χ4n) is 4.04. The van der Waals surface area contributed by atoms with Crippen molar-refractivity contribution in [3.05, 3.63) is 65.2 Å². The van der Waals surface area contributed by atoms with Gasteiger partial charge in [-0.15, -0.1) is 0 Å². The number of carbonyl (C=O) groups is 1. The number of nitrogens with zero attached hydrogens (tertiary/aromatic N) is 2. The van der Waals surface area contributed by atoms with Gasteiger partial charge in [0.1, 0.15) is 17.3 Å². The summed E-state index contributed by atoms with van der Waals surface area (Å²) in [6.45, 7) is 6.82. The van der Waals surface area contributed by atoms with Crippen molar-refractivity contribution in [2.45, 2.75) is 32.2 Å². The van der Waals surface area contributed by atoms with Crippen LogP contribution in [0.15, 0.2) is 42.5 Å². The van der Waals surface area contributed by atoms with Crippen molar-refractivity contribution in [3.63, 3.8) is 0 Å². The number of rotatable bonds is 4. The lowest BCUT2D eigenvalue weighted by Gasteiger charge is -2.41. The molecule has 2 aliphatic rings. The average molecular weight is 402 g/mol. The van der Waals surface area contributed by atoms with E-state index < -0.39 is 11.6 Å². The van der Waals surface area contributed by atoms with Crippen molar-refractivity contribution in [2.75, 3.05) is 31.1 Å². The molecule has 2 saturated heterocycles. The number of benzene rings is 2. The molecule has 2 fully saturated rings. The van der Waals surface area contributed by atoms with E-state index in [2.05, 4.69) is 36.1 Å². The van der Waals surface area contributed by atoms with Crippen LogP contribution in [-0.2, 0) is 11.3 Å². The summed E-state index contributed by atoms with van der Waals surface area (Å²) in [7, 11) is 0. The first-order valence-corrected chi connectivity index (χ1v) is 10.1. The fraction of sp³-hybridized carbons (Fsp3) is 0.435. The SMILES string of the molecule is CC1CCN(Cc2ccc(C3CN(c4c(F)cccc4F)C3)cc2)CC1.O=CO. The molecule has 0 spiro atoms. The molecule has 0 radical (unpaired) electrons. The van der Waals surface area contributed by atoms with Crippen LogP contribution in [0.5, 0.6) is 0 Å². The lowest BCUT2D eigenvalue weighted by molar-refractivity contribution is -0.122. The van der Waals surface area contributed by atoms with Gasteiger partial charge in [-0.25, -0.2) is 8.78 Å². The fourth-order valence-corrected chi connectivity index (χ4v) is 4.04. The monoisotopic (exact) mass is 402 g/mol. The number of halogens is 2. The molecule has 0 aliphatic carbocycles. The van der Waals surface area contributed by atoms with Crippen LogP contribution in [-0.4, -0.2) is 42.7 Å². The van der Waals surface area contributed by atoms with Crippen molar-refractivity contribution in [3.8, 4) is 0 Å². The van der Waals surface area contributed by atoms with E-state index >= 15 is 0 Å². The lowest BCUT2D eigenvalue weighted by Crippen LogP contribution is -2.46. The Morgan fingerprint density at radius 1 is 1.03 bits per heavy atom. The number of carboxylic acid groups (broad SMARTS) is 1. The highest BCUT2D eigenvalue weighted by Crippen LogP contribution is 2.34. The smallest absolute Gasteiger partial charge is 0.290 e. The molecule has 2 heterocycles. The zero-order valence-corrected chi connectivity index (χ0v) is 16.7. The van der Waals surface area contributed by atoms with Crippen molar-refractivity contribution in [1.82, 2.24) is 4.90 Å². The highest BCUT2D eigenvalue weighted by Gasteiger charge is 2.31. The van der Waals surface area contributed by atoms with Crippen molar-refractivity contribution < 1.29 is 18.7 Å². The Bertz CT molecular complexity index is 779. The normalized spacial score (nSPS) is 18.0. The third-order valence-corrected chi connectivity index (χ3v) is 5.87. The Morgan fingerprint density at radius 2 is 1.59 bits per heavy atom. The molecule has 4 rings (SSSR count). The van der Waals surface area contributed by atoms with Gasteiger partial charge in [-0.3, -0.25) is 9.69 Å². The molecule has 156 valence electrons. The predicted octanol–water partition coefficient (Wildman–Crippen LogP) is 4.50. The maximum absolute atomic E-state index is 13.9. The zero-order valence-electron chi connectivity index (χ0n) is 16.7. The minimum absolute atomic E-state index is 0.111. The maximum Gasteiger partial charge on any atom is 0.290 e. The minimum Gasteiger partial charge on any atom is -0.483 e. The molecule has 0 bridgehead atoms. The summed E-state index contributed by atoms with van der Waals surface area (Å²) in [5, 5.41) is 6.89. The van der Waals surface area contributed by atoms with Crippen LogP contribution in [0.2, 0.25) is 0 Å². The van der Waals surface area contributed by atoms with Gasteiger partial charge < -0.3 is 10.0 Å². The maximum atomic E-state index is 13.9. The van der Waals surface area contributed by atoms with Gasteiger partial charge in [0.25, 0.3) is 6.47 Å². The van der Waals surface area contributed by atoms with E-state index in [1.54, 1.807) is 4.90 Å². The first-order valence-electron chi connectivity index (χ1n) is 10.1. The molecule has 0 atom stereocenters. The van der Waals surface area contributed by atoms with Crippen molar-refractivity contribution in [1.29, 1.82) is 0 Å². The summed E-state index contributed by atoms with van der Waals surface area (Å²) < 4.78 is 27.7. The van der Waals surface area contributed by atoms with Crippen LogP contribution >= 0.6 is 0 Å². The second-order valence-corrected chi connectivity index (χ2v) is 7.98. The third-order valence-electron chi connectivity index (χ3n) is 5.87. The second-order valence-electron chi connectivity index (χ2n) is 7.98. The quantitative estimate of drug-likeness (QED) is 0.765. The number of anilines is 1. The van der Waals surface area contributed by atoms with E-state index in [9.17, 15) is 8.78 Å². The summed E-state index contributed by atoms with van der Waals surface area (Å²) in [4.78, 5) is 12.7. The van der Waals surface area contributed by atoms with Crippen molar-refractivity contribution in [2.24, 2.45) is 5.92 Å². The van der Waals surface area contributed by atoms with E-state index in [1.807, 2.05) is 0 Å². The molecule has 0 amide bonds. The van der Waals surface area contributed by atoms with Crippen LogP contribution < -0.4 is 4.90 Å². The van der Waals surface area contributed by atoms with E-state index in [0.717, 1.165) is 12.5 Å². The molecule has 0 aromatic heterocycles. The highest BCUT2D eigenvalue weighted by molar-refractivity contribution is 5.53. The Labute approximate surface area is 170 Å². The van der Waals surface area contributed by atoms with E-state index in [4.69, 9.17) is 9.90 Å². The first-order chi connectivity index (χ1) is 14.0. The molecule has 6 heteroatoms. The standard InChI is InChI=1S/C22H26F2N2.CH2O2/c1-16-9-11-25(12-10-16)13-17-5-7-18(8-6-17)19-14-26(15-19)22-20(23)3-2-4-21(22)24;2-1-3/h2-8,16,19H,9-15H2,1H3;1H,(H,2,3). The molecule has 2 aromatic carbocycles. The van der Waals surface area contributed by atoms with Crippen LogP contribution in [0, 0.1) is 17.6 Å². The Hall–Kier alpha value is -2.47. The number of hydrogen-bond donors (Lipinski definition) is 1. The molecule has 29 heavy (non-hydrogen) atoms. The number of para-hydroxylation sites is 1. The molecular weight excluding hydrogens is 374 g/mol. The molecule has 4 nitrogen and oxygen atoms in total. The second kappa shape index (κ2) is 9.83. The number of hydrogen-bond acceptors (Lipinski definition) is 3. The lowest BCUT2D eigenvalue weighted by atomic mass is 9.90. The summed E-state index contributed by atoms with van der Waals surface area (Å²) in [6, 6.07) is 12.8. The summed E-state index contributed by atoms with van der Waals surface area (Å²) >= 11 is 0. The zero-order chi connectivity index (χ0) is 20.8.